The summed E-state index contributed by atoms with van der Waals surface area (Å²) in [6, 6.07) is 16.8. The van der Waals surface area contributed by atoms with Crippen LogP contribution in [0.4, 0.5) is 0 Å². The minimum atomic E-state index is -0.191. The summed E-state index contributed by atoms with van der Waals surface area (Å²) in [4.78, 5) is 13.3. The molecule has 0 N–H and O–H groups in total. The number of nitrogens with zero attached hydrogens (tertiary/aromatic N) is 5. The van der Waals surface area contributed by atoms with Crippen molar-refractivity contribution in [3.8, 4) is 17.5 Å². The van der Waals surface area contributed by atoms with Gasteiger partial charge in [-0.25, -0.2) is 4.57 Å². The van der Waals surface area contributed by atoms with Crippen LogP contribution in [0.2, 0.25) is 0 Å². The molecule has 134 valence electrons. The summed E-state index contributed by atoms with van der Waals surface area (Å²) in [5.41, 5.74) is 1.14. The van der Waals surface area contributed by atoms with Gasteiger partial charge in [-0.05, 0) is 24.3 Å². The Kier molecular flexibility index (Phi) is 4.52. The molecule has 4 rings (SSSR count). The Morgan fingerprint density at radius 1 is 1.15 bits per heavy atom. The minimum absolute atomic E-state index is 0.191. The number of nitriles is 1. The molecule has 7 nitrogen and oxygen atoms in total. The first-order valence-electron chi connectivity index (χ1n) is 8.28. The molecule has 8 heteroatoms. The van der Waals surface area contributed by atoms with E-state index in [1.807, 2.05) is 40.8 Å². The second-order valence-electron chi connectivity index (χ2n) is 5.70. The highest BCUT2D eigenvalue weighted by atomic mass is 32.2. The number of ether oxygens (including phenoxy) is 1. The number of benzene rings is 2. The van der Waals surface area contributed by atoms with Crippen LogP contribution < -0.4 is 10.3 Å². The first-order valence-corrected chi connectivity index (χ1v) is 9.27. The highest BCUT2D eigenvalue weighted by molar-refractivity contribution is 7.99. The van der Waals surface area contributed by atoms with Crippen molar-refractivity contribution >= 4 is 28.4 Å². The predicted octanol–water partition coefficient (Wildman–Crippen LogP) is 3.05. The molecule has 0 saturated carbocycles. The van der Waals surface area contributed by atoms with E-state index in [0.717, 1.165) is 5.52 Å². The molecule has 27 heavy (non-hydrogen) atoms. The zero-order valence-electron chi connectivity index (χ0n) is 14.5. The summed E-state index contributed by atoms with van der Waals surface area (Å²) in [6.07, 6.45) is 0.406. The third-order valence-electron chi connectivity index (χ3n) is 4.17. The second-order valence-corrected chi connectivity index (χ2v) is 6.77. The van der Waals surface area contributed by atoms with Gasteiger partial charge in [-0.2, -0.15) is 5.26 Å². The fourth-order valence-electron chi connectivity index (χ4n) is 2.99. The van der Waals surface area contributed by atoms with E-state index in [1.54, 1.807) is 19.2 Å². The molecule has 2 aromatic heterocycles. The van der Waals surface area contributed by atoms with Crippen molar-refractivity contribution in [2.24, 2.45) is 0 Å². The largest absolute Gasteiger partial charge is 0.495 e. The lowest BCUT2D eigenvalue weighted by Gasteiger charge is -2.13. The van der Waals surface area contributed by atoms with E-state index >= 15 is 0 Å². The van der Waals surface area contributed by atoms with E-state index in [9.17, 15) is 4.79 Å². The highest BCUT2D eigenvalue weighted by Gasteiger charge is 2.19. The summed E-state index contributed by atoms with van der Waals surface area (Å²) in [5.74, 6) is 1.57. The summed E-state index contributed by atoms with van der Waals surface area (Å²) < 4.78 is 8.81. The van der Waals surface area contributed by atoms with Gasteiger partial charge < -0.3 is 4.74 Å². The number of fused-ring (bicyclic) bond motifs is 3. The fraction of sp³-hybridized carbons (Fsp3) is 0.158. The van der Waals surface area contributed by atoms with Crippen LogP contribution in [-0.4, -0.2) is 32.0 Å². The maximum absolute atomic E-state index is 13.3. The molecule has 0 saturated heterocycles. The number of hydrogen-bond acceptors (Lipinski definition) is 6. The molecule has 0 bridgehead atoms. The number of thioether (sulfide) groups is 1. The first kappa shape index (κ1) is 17.1. The zero-order chi connectivity index (χ0) is 18.8. The van der Waals surface area contributed by atoms with E-state index < -0.39 is 0 Å². The predicted molar refractivity (Wildman–Crippen MR) is 104 cm³/mol. The fourth-order valence-corrected chi connectivity index (χ4v) is 3.78. The third-order valence-corrected chi connectivity index (χ3v) is 5.10. The molecule has 0 aliphatic rings. The monoisotopic (exact) mass is 377 g/mol. The maximum atomic E-state index is 13.3. The third kappa shape index (κ3) is 2.82. The standard InChI is InChI=1S/C19H15N5O2S/c1-26-16-10-5-4-9-15(16)23-17(25)13-7-2-3-8-14(13)24-18(23)21-22-19(24)27-12-6-11-20/h2-5,7-10H,6,12H2,1H3. The van der Waals surface area contributed by atoms with Gasteiger partial charge in [0.25, 0.3) is 5.56 Å². The lowest BCUT2D eigenvalue weighted by atomic mass is 10.2. The van der Waals surface area contributed by atoms with Crippen LogP contribution in [0, 0.1) is 11.3 Å². The van der Waals surface area contributed by atoms with Crippen LogP contribution in [0.5, 0.6) is 5.75 Å². The summed E-state index contributed by atoms with van der Waals surface area (Å²) >= 11 is 1.44. The van der Waals surface area contributed by atoms with Gasteiger partial charge in [0.05, 0.1) is 29.8 Å². The van der Waals surface area contributed by atoms with E-state index in [1.165, 1.54) is 16.3 Å². The average molecular weight is 377 g/mol. The van der Waals surface area contributed by atoms with Gasteiger partial charge in [-0.1, -0.05) is 36.0 Å². The molecule has 0 unspecified atom stereocenters. The van der Waals surface area contributed by atoms with Crippen molar-refractivity contribution in [3.63, 3.8) is 0 Å². The molecule has 0 atom stereocenters. The van der Waals surface area contributed by atoms with Crippen molar-refractivity contribution in [3.05, 3.63) is 58.9 Å². The topological polar surface area (TPSA) is 85.2 Å². The normalized spacial score (nSPS) is 11.0. The Balaban J connectivity index is 2.08. The summed E-state index contributed by atoms with van der Waals surface area (Å²) in [7, 11) is 1.56. The molecule has 0 radical (unpaired) electrons. The van der Waals surface area contributed by atoms with Crippen molar-refractivity contribution < 1.29 is 4.74 Å². The highest BCUT2D eigenvalue weighted by Crippen LogP contribution is 2.26. The lowest BCUT2D eigenvalue weighted by molar-refractivity contribution is 0.413. The second kappa shape index (κ2) is 7.13. The van der Waals surface area contributed by atoms with Crippen molar-refractivity contribution in [1.29, 1.82) is 5.26 Å². The zero-order valence-corrected chi connectivity index (χ0v) is 15.3. The van der Waals surface area contributed by atoms with Gasteiger partial charge in [0.1, 0.15) is 5.75 Å². The van der Waals surface area contributed by atoms with Gasteiger partial charge in [0.15, 0.2) is 5.16 Å². The van der Waals surface area contributed by atoms with Crippen molar-refractivity contribution in [2.45, 2.75) is 11.6 Å². The van der Waals surface area contributed by atoms with Crippen LogP contribution >= 0.6 is 11.8 Å². The van der Waals surface area contributed by atoms with E-state index in [0.29, 0.717) is 39.9 Å². The molecule has 2 heterocycles. The van der Waals surface area contributed by atoms with Crippen LogP contribution in [0.25, 0.3) is 22.4 Å². The van der Waals surface area contributed by atoms with E-state index in [4.69, 9.17) is 10.00 Å². The molecule has 2 aromatic carbocycles. The van der Waals surface area contributed by atoms with Crippen molar-refractivity contribution in [1.82, 2.24) is 19.2 Å². The van der Waals surface area contributed by atoms with E-state index in [2.05, 4.69) is 16.3 Å². The van der Waals surface area contributed by atoms with Gasteiger partial charge in [-0.15, -0.1) is 10.2 Å². The number of methoxy groups -OCH3 is 1. The Hall–Kier alpha value is -3.31. The number of rotatable bonds is 5. The van der Waals surface area contributed by atoms with Gasteiger partial charge >= 0.3 is 0 Å². The maximum Gasteiger partial charge on any atom is 0.267 e. The SMILES string of the molecule is COc1ccccc1-n1c(=O)c2ccccc2n2c(SCCC#N)nnc12. The average Bonchev–Trinajstić information content (AvgIpc) is 3.12. The Morgan fingerprint density at radius 2 is 1.93 bits per heavy atom. The smallest absolute Gasteiger partial charge is 0.267 e. The number of aromatic nitrogens is 4. The quantitative estimate of drug-likeness (QED) is 0.393. The molecular formula is C19H15N5O2S. The van der Waals surface area contributed by atoms with Crippen LogP contribution in [0.15, 0.2) is 58.5 Å². The molecule has 0 aliphatic heterocycles. The van der Waals surface area contributed by atoms with Crippen molar-refractivity contribution in [2.75, 3.05) is 12.9 Å². The summed E-state index contributed by atoms with van der Waals surface area (Å²) in [5, 5.41) is 18.5. The van der Waals surface area contributed by atoms with Crippen LogP contribution in [0.1, 0.15) is 6.42 Å². The molecule has 0 spiro atoms. The molecule has 0 aliphatic carbocycles. The molecule has 0 fully saturated rings. The van der Waals surface area contributed by atoms with Gasteiger partial charge in [0, 0.05) is 12.2 Å². The number of hydrogen-bond donors (Lipinski definition) is 0. The van der Waals surface area contributed by atoms with Crippen LogP contribution in [0.3, 0.4) is 0 Å². The first-order chi connectivity index (χ1) is 13.3. The van der Waals surface area contributed by atoms with Gasteiger partial charge in [0.2, 0.25) is 5.78 Å². The lowest BCUT2D eigenvalue weighted by Crippen LogP contribution is -2.22. The minimum Gasteiger partial charge on any atom is -0.495 e. The Bertz CT molecular complexity index is 1240. The van der Waals surface area contributed by atoms with Gasteiger partial charge in [-0.3, -0.25) is 9.20 Å². The Morgan fingerprint density at radius 3 is 2.74 bits per heavy atom. The molecular weight excluding hydrogens is 362 g/mol. The number of para-hydroxylation sites is 3. The molecule has 4 aromatic rings. The summed E-state index contributed by atoms with van der Waals surface area (Å²) in [6.45, 7) is 0. The van der Waals surface area contributed by atoms with Crippen LogP contribution in [-0.2, 0) is 0 Å². The molecule has 0 amide bonds. The Labute approximate surface area is 158 Å². The van der Waals surface area contributed by atoms with E-state index in [-0.39, 0.29) is 5.56 Å².